The molecule has 1 atom stereocenters. The molecule has 1 unspecified atom stereocenters. The second kappa shape index (κ2) is 3.11. The van der Waals surface area contributed by atoms with Crippen LogP contribution in [0.3, 0.4) is 0 Å². The van der Waals surface area contributed by atoms with E-state index in [-0.39, 0.29) is 0 Å². The van der Waals surface area contributed by atoms with Crippen molar-refractivity contribution in [3.8, 4) is 0 Å². The van der Waals surface area contributed by atoms with Gasteiger partial charge >= 0.3 is 0 Å². The number of hydrogen-bond acceptors (Lipinski definition) is 5. The van der Waals surface area contributed by atoms with Crippen molar-refractivity contribution in [2.45, 2.75) is 5.44 Å². The lowest BCUT2D eigenvalue weighted by molar-refractivity contribution is 0.141. The summed E-state index contributed by atoms with van der Waals surface area (Å²) < 4.78 is 24.4. The van der Waals surface area contributed by atoms with Crippen LogP contribution in [-0.4, -0.2) is 37.8 Å². The van der Waals surface area contributed by atoms with Gasteiger partial charge in [0.25, 0.3) is 10.1 Å². The normalized spacial score (nSPS) is 15.4. The molecule has 0 spiro atoms. The van der Waals surface area contributed by atoms with Crippen molar-refractivity contribution in [2.75, 3.05) is 13.7 Å². The molecule has 9 heavy (non-hydrogen) atoms. The molecular weight excluding hydrogens is 148 g/mol. The fourth-order valence-electron chi connectivity index (χ4n) is 0.202. The fourth-order valence-corrected chi connectivity index (χ4v) is 0.607. The molecule has 6 heteroatoms. The highest BCUT2D eigenvalue weighted by atomic mass is 32.2. The van der Waals surface area contributed by atoms with Crippen LogP contribution >= 0.6 is 0 Å². The molecule has 0 heterocycles. The summed E-state index contributed by atoms with van der Waals surface area (Å²) in [5.41, 5.74) is -1.83. The Morgan fingerprint density at radius 2 is 2.11 bits per heavy atom. The largest absolute Gasteiger partial charge is 0.392 e. The van der Waals surface area contributed by atoms with E-state index < -0.39 is 22.2 Å². The van der Waals surface area contributed by atoms with E-state index >= 15 is 0 Å². The summed E-state index contributed by atoms with van der Waals surface area (Å²) in [6.45, 7) is -0.851. The monoisotopic (exact) mass is 156 g/mol. The molecule has 0 saturated carbocycles. The SMILES string of the molecule is COS(=O)(=O)C(O)CO. The van der Waals surface area contributed by atoms with E-state index in [1.807, 2.05) is 0 Å². The maximum absolute atomic E-state index is 10.3. The van der Waals surface area contributed by atoms with E-state index in [1.165, 1.54) is 0 Å². The van der Waals surface area contributed by atoms with E-state index in [2.05, 4.69) is 4.18 Å². The van der Waals surface area contributed by atoms with E-state index in [0.29, 0.717) is 0 Å². The Balaban J connectivity index is 4.17. The maximum Gasteiger partial charge on any atom is 0.296 e. The third-order valence-corrected chi connectivity index (χ3v) is 2.00. The fraction of sp³-hybridized carbons (Fsp3) is 1.00. The van der Waals surface area contributed by atoms with Gasteiger partial charge in [0, 0.05) is 0 Å². The predicted molar refractivity (Wildman–Crippen MR) is 29.0 cm³/mol. The lowest BCUT2D eigenvalue weighted by Crippen LogP contribution is -2.25. The molecule has 0 aromatic carbocycles. The van der Waals surface area contributed by atoms with Gasteiger partial charge in [-0.1, -0.05) is 0 Å². The topological polar surface area (TPSA) is 83.8 Å². The molecule has 0 aliphatic carbocycles. The Labute approximate surface area is 53.0 Å². The molecule has 0 fully saturated rings. The molecule has 0 saturated heterocycles. The number of aliphatic hydroxyl groups excluding tert-OH is 2. The first kappa shape index (κ1) is 8.83. The lowest BCUT2D eigenvalue weighted by Gasteiger charge is -2.04. The zero-order chi connectivity index (χ0) is 7.49. The zero-order valence-electron chi connectivity index (χ0n) is 4.81. The molecule has 56 valence electrons. The first-order chi connectivity index (χ1) is 4.04. The van der Waals surface area contributed by atoms with Gasteiger partial charge in [0.1, 0.15) is 0 Å². The molecule has 0 aliphatic rings. The van der Waals surface area contributed by atoms with Crippen LogP contribution in [0.15, 0.2) is 0 Å². The summed E-state index contributed by atoms with van der Waals surface area (Å²) in [6, 6.07) is 0. The van der Waals surface area contributed by atoms with Crippen molar-refractivity contribution in [3.05, 3.63) is 0 Å². The van der Waals surface area contributed by atoms with Gasteiger partial charge in [0.2, 0.25) is 5.44 Å². The molecule has 2 N–H and O–H groups in total. The zero-order valence-corrected chi connectivity index (χ0v) is 5.63. The smallest absolute Gasteiger partial charge is 0.296 e. The van der Waals surface area contributed by atoms with Crippen LogP contribution in [0, 0.1) is 0 Å². The summed E-state index contributed by atoms with van der Waals surface area (Å²) in [5, 5.41) is 16.5. The Kier molecular flexibility index (Phi) is 3.06. The van der Waals surface area contributed by atoms with Gasteiger partial charge in [-0.05, 0) is 0 Å². The highest BCUT2D eigenvalue weighted by Crippen LogP contribution is 1.96. The predicted octanol–water partition coefficient (Wildman–Crippen LogP) is -1.73. The lowest BCUT2D eigenvalue weighted by atomic mass is 10.8. The van der Waals surface area contributed by atoms with Crippen LogP contribution in [0.25, 0.3) is 0 Å². The molecule has 0 aromatic heterocycles. The van der Waals surface area contributed by atoms with Crippen molar-refractivity contribution in [1.82, 2.24) is 0 Å². The van der Waals surface area contributed by atoms with Crippen molar-refractivity contribution in [2.24, 2.45) is 0 Å². The highest BCUT2D eigenvalue weighted by Gasteiger charge is 2.20. The van der Waals surface area contributed by atoms with Gasteiger partial charge in [0.05, 0.1) is 13.7 Å². The first-order valence-corrected chi connectivity index (χ1v) is 3.60. The van der Waals surface area contributed by atoms with Crippen molar-refractivity contribution in [3.63, 3.8) is 0 Å². The minimum Gasteiger partial charge on any atom is -0.392 e. The summed E-state index contributed by atoms with van der Waals surface area (Å²) in [6.07, 6.45) is 0. The average Bonchev–Trinajstić information content (AvgIpc) is 1.86. The summed E-state index contributed by atoms with van der Waals surface area (Å²) in [4.78, 5) is 0. The second-order valence-corrected chi connectivity index (χ2v) is 3.16. The molecule has 0 aliphatic heterocycles. The molecule has 0 rings (SSSR count). The van der Waals surface area contributed by atoms with Crippen LogP contribution in [-0.2, 0) is 14.3 Å². The highest BCUT2D eigenvalue weighted by molar-refractivity contribution is 7.87. The van der Waals surface area contributed by atoms with Gasteiger partial charge < -0.3 is 10.2 Å². The van der Waals surface area contributed by atoms with Crippen LogP contribution in [0.1, 0.15) is 0 Å². The van der Waals surface area contributed by atoms with Gasteiger partial charge in [-0.15, -0.1) is 0 Å². The summed E-state index contributed by atoms with van der Waals surface area (Å²) in [7, 11) is -3.03. The van der Waals surface area contributed by atoms with Crippen molar-refractivity contribution < 1.29 is 22.8 Å². The van der Waals surface area contributed by atoms with Crippen molar-refractivity contribution >= 4 is 10.1 Å². The van der Waals surface area contributed by atoms with Crippen molar-refractivity contribution in [1.29, 1.82) is 0 Å². The Morgan fingerprint density at radius 3 is 2.22 bits per heavy atom. The maximum atomic E-state index is 10.3. The van der Waals surface area contributed by atoms with E-state index in [0.717, 1.165) is 7.11 Å². The average molecular weight is 156 g/mol. The standard InChI is InChI=1S/C3H8O5S/c1-8-9(6,7)3(5)2-4/h3-5H,2H2,1H3. The minimum absolute atomic E-state index is 0.851. The first-order valence-electron chi connectivity index (χ1n) is 2.13. The Hall–Kier alpha value is -0.170. The van der Waals surface area contributed by atoms with Crippen LogP contribution in [0.2, 0.25) is 0 Å². The van der Waals surface area contributed by atoms with Gasteiger partial charge in [-0.25, -0.2) is 0 Å². The van der Waals surface area contributed by atoms with E-state index in [9.17, 15) is 8.42 Å². The van der Waals surface area contributed by atoms with Gasteiger partial charge in [-0.3, -0.25) is 4.18 Å². The summed E-state index contributed by atoms with van der Waals surface area (Å²) >= 11 is 0. The molecule has 0 amide bonds. The second-order valence-electron chi connectivity index (χ2n) is 1.30. The third kappa shape index (κ3) is 2.27. The molecule has 0 bridgehead atoms. The van der Waals surface area contributed by atoms with Crippen LogP contribution in [0.4, 0.5) is 0 Å². The number of aliphatic hydroxyl groups is 2. The third-order valence-electron chi connectivity index (χ3n) is 0.722. The van der Waals surface area contributed by atoms with Gasteiger partial charge in [-0.2, -0.15) is 8.42 Å². The van der Waals surface area contributed by atoms with Crippen LogP contribution < -0.4 is 0 Å². The van der Waals surface area contributed by atoms with Gasteiger partial charge in [0.15, 0.2) is 0 Å². The Morgan fingerprint density at radius 1 is 1.67 bits per heavy atom. The number of rotatable bonds is 3. The summed E-state index contributed by atoms with van der Waals surface area (Å²) in [5.74, 6) is 0. The number of hydrogen-bond donors (Lipinski definition) is 2. The molecule has 0 radical (unpaired) electrons. The molecule has 0 aromatic rings. The molecule has 5 nitrogen and oxygen atoms in total. The van der Waals surface area contributed by atoms with E-state index in [4.69, 9.17) is 10.2 Å². The van der Waals surface area contributed by atoms with E-state index in [1.54, 1.807) is 0 Å². The molecular formula is C3H8O5S. The minimum atomic E-state index is -3.94. The van der Waals surface area contributed by atoms with Crippen LogP contribution in [0.5, 0.6) is 0 Å². The quantitative estimate of drug-likeness (QED) is 0.474. The Bertz CT molecular complexity index is 159.